The minimum atomic E-state index is -1.05. The highest BCUT2D eigenvalue weighted by Crippen LogP contribution is 2.04. The Kier molecular flexibility index (Phi) is 5.12. The van der Waals surface area contributed by atoms with Crippen LogP contribution in [0, 0.1) is 5.82 Å². The Balaban J connectivity index is 0.00000169. The van der Waals surface area contributed by atoms with Crippen molar-refractivity contribution in [1.29, 1.82) is 0 Å². The summed E-state index contributed by atoms with van der Waals surface area (Å²) >= 11 is 0. The monoisotopic (exact) mass is 219 g/mol. The van der Waals surface area contributed by atoms with Gasteiger partial charge in [-0.15, -0.1) is 12.4 Å². The molecule has 14 heavy (non-hydrogen) atoms. The first-order valence-corrected chi connectivity index (χ1v) is 3.82. The number of carbonyl (C=O) groups is 1. The van der Waals surface area contributed by atoms with Crippen LogP contribution in [-0.4, -0.2) is 17.1 Å². The lowest BCUT2D eigenvalue weighted by molar-refractivity contribution is -0.138. The highest BCUT2D eigenvalue weighted by Gasteiger charge is 2.11. The van der Waals surface area contributed by atoms with E-state index in [4.69, 9.17) is 10.8 Å². The highest BCUT2D eigenvalue weighted by molar-refractivity contribution is 5.85. The molecule has 3 nitrogen and oxygen atoms in total. The van der Waals surface area contributed by atoms with Crippen molar-refractivity contribution in [3.05, 3.63) is 35.6 Å². The van der Waals surface area contributed by atoms with Gasteiger partial charge in [-0.3, -0.25) is 4.79 Å². The predicted octanol–water partition coefficient (Wildman–Crippen LogP) is 1.20. The van der Waals surface area contributed by atoms with Gasteiger partial charge in [-0.25, -0.2) is 4.39 Å². The van der Waals surface area contributed by atoms with Gasteiger partial charge in [0, 0.05) is 0 Å². The summed E-state index contributed by atoms with van der Waals surface area (Å²) in [6, 6.07) is 4.69. The van der Waals surface area contributed by atoms with Gasteiger partial charge in [0.15, 0.2) is 0 Å². The van der Waals surface area contributed by atoms with E-state index in [0.29, 0.717) is 0 Å². The largest absolute Gasteiger partial charge is 0.480 e. The van der Waals surface area contributed by atoms with E-state index in [1.54, 1.807) is 0 Å². The summed E-state index contributed by atoms with van der Waals surface area (Å²) in [5.41, 5.74) is 6.01. The van der Waals surface area contributed by atoms with Crippen LogP contribution < -0.4 is 5.73 Å². The molecule has 0 aliphatic carbocycles. The van der Waals surface area contributed by atoms with Crippen LogP contribution in [-0.2, 0) is 11.2 Å². The summed E-state index contributed by atoms with van der Waals surface area (Å²) < 4.78 is 12.4. The fraction of sp³-hybridized carbons (Fsp3) is 0.222. The molecule has 0 saturated carbocycles. The molecule has 0 aromatic heterocycles. The van der Waals surface area contributed by atoms with Crippen molar-refractivity contribution >= 4 is 18.4 Å². The summed E-state index contributed by atoms with van der Waals surface area (Å²) in [6.07, 6.45) is 0.218. The van der Waals surface area contributed by atoms with Crippen molar-refractivity contribution in [2.45, 2.75) is 12.5 Å². The first-order valence-electron chi connectivity index (χ1n) is 3.82. The fourth-order valence-corrected chi connectivity index (χ4v) is 0.962. The van der Waals surface area contributed by atoms with Crippen LogP contribution >= 0.6 is 12.4 Å². The first-order chi connectivity index (χ1) is 6.09. The van der Waals surface area contributed by atoms with Crippen LogP contribution in [0.4, 0.5) is 4.39 Å². The summed E-state index contributed by atoms with van der Waals surface area (Å²) in [5.74, 6) is -1.39. The van der Waals surface area contributed by atoms with Gasteiger partial charge in [0.1, 0.15) is 11.9 Å². The van der Waals surface area contributed by atoms with Gasteiger partial charge < -0.3 is 10.8 Å². The van der Waals surface area contributed by atoms with Crippen molar-refractivity contribution in [1.82, 2.24) is 0 Å². The Morgan fingerprint density at radius 2 is 1.93 bits per heavy atom. The lowest BCUT2D eigenvalue weighted by Crippen LogP contribution is -2.32. The van der Waals surface area contributed by atoms with Crippen LogP contribution in [0.25, 0.3) is 0 Å². The number of rotatable bonds is 3. The number of carboxylic acid groups (broad SMARTS) is 1. The van der Waals surface area contributed by atoms with E-state index in [1.165, 1.54) is 24.3 Å². The van der Waals surface area contributed by atoms with E-state index in [-0.39, 0.29) is 24.6 Å². The lowest BCUT2D eigenvalue weighted by Gasteiger charge is -2.05. The van der Waals surface area contributed by atoms with E-state index in [1.807, 2.05) is 0 Å². The maximum absolute atomic E-state index is 12.4. The maximum Gasteiger partial charge on any atom is 0.320 e. The highest BCUT2D eigenvalue weighted by atomic mass is 35.5. The lowest BCUT2D eigenvalue weighted by atomic mass is 10.1. The van der Waals surface area contributed by atoms with Crippen molar-refractivity contribution in [2.24, 2.45) is 5.73 Å². The van der Waals surface area contributed by atoms with Crippen molar-refractivity contribution in [2.75, 3.05) is 0 Å². The van der Waals surface area contributed by atoms with Crippen LogP contribution in [0.3, 0.4) is 0 Å². The molecule has 0 aliphatic rings. The molecule has 1 aromatic rings. The number of nitrogens with two attached hydrogens (primary N) is 1. The summed E-state index contributed by atoms with van der Waals surface area (Å²) in [4.78, 5) is 10.4. The predicted molar refractivity (Wildman–Crippen MR) is 53.0 cm³/mol. The van der Waals surface area contributed by atoms with Crippen LogP contribution in [0.2, 0.25) is 0 Å². The third-order valence-corrected chi connectivity index (χ3v) is 1.69. The maximum atomic E-state index is 12.4. The molecule has 3 N–H and O–H groups in total. The summed E-state index contributed by atoms with van der Waals surface area (Å²) in [5, 5.41) is 8.50. The normalized spacial score (nSPS) is 11.6. The molecule has 1 rings (SSSR count). The Morgan fingerprint density at radius 3 is 2.36 bits per heavy atom. The summed E-state index contributed by atoms with van der Waals surface area (Å²) in [6.45, 7) is 0. The molecule has 1 atom stereocenters. The molecule has 0 fully saturated rings. The van der Waals surface area contributed by atoms with E-state index in [2.05, 4.69) is 0 Å². The van der Waals surface area contributed by atoms with Crippen molar-refractivity contribution in [3.8, 4) is 0 Å². The SMILES string of the molecule is Cl.N[C@@H](Cc1ccc(F)cc1)C(=O)O. The second-order valence-corrected chi connectivity index (χ2v) is 2.78. The smallest absolute Gasteiger partial charge is 0.320 e. The minimum Gasteiger partial charge on any atom is -0.480 e. The van der Waals surface area contributed by atoms with Gasteiger partial charge in [-0.05, 0) is 24.1 Å². The molecule has 0 amide bonds. The minimum absolute atomic E-state index is 0. The van der Waals surface area contributed by atoms with E-state index < -0.39 is 12.0 Å². The van der Waals surface area contributed by atoms with Crippen LogP contribution in [0.15, 0.2) is 24.3 Å². The van der Waals surface area contributed by atoms with Gasteiger partial charge in [-0.1, -0.05) is 12.1 Å². The molecule has 0 spiro atoms. The number of carboxylic acids is 1. The average Bonchev–Trinajstić information content (AvgIpc) is 2.08. The molecule has 5 heteroatoms. The number of halogens is 2. The molecule has 0 heterocycles. The third-order valence-electron chi connectivity index (χ3n) is 1.69. The second kappa shape index (κ2) is 5.57. The fourth-order valence-electron chi connectivity index (χ4n) is 0.962. The molecule has 1 aromatic carbocycles. The first kappa shape index (κ1) is 12.9. The Morgan fingerprint density at radius 1 is 1.43 bits per heavy atom. The molecular formula is C9H11ClFNO2. The number of benzene rings is 1. The molecule has 78 valence electrons. The van der Waals surface area contributed by atoms with Gasteiger partial charge >= 0.3 is 5.97 Å². The summed E-state index contributed by atoms with van der Waals surface area (Å²) in [7, 11) is 0. The topological polar surface area (TPSA) is 63.3 Å². The molecule has 0 saturated heterocycles. The van der Waals surface area contributed by atoms with E-state index in [9.17, 15) is 9.18 Å². The zero-order chi connectivity index (χ0) is 9.84. The number of hydrogen-bond donors (Lipinski definition) is 2. The van der Waals surface area contributed by atoms with Gasteiger partial charge in [0.2, 0.25) is 0 Å². The second-order valence-electron chi connectivity index (χ2n) is 2.78. The molecule has 0 unspecified atom stereocenters. The molecule has 0 bridgehead atoms. The molecule has 0 radical (unpaired) electrons. The van der Waals surface area contributed by atoms with Gasteiger partial charge in [0.05, 0.1) is 0 Å². The van der Waals surface area contributed by atoms with Crippen molar-refractivity contribution in [3.63, 3.8) is 0 Å². The average molecular weight is 220 g/mol. The Bertz CT molecular complexity index is 302. The molecular weight excluding hydrogens is 209 g/mol. The quantitative estimate of drug-likeness (QED) is 0.803. The zero-order valence-electron chi connectivity index (χ0n) is 7.31. The third kappa shape index (κ3) is 3.72. The number of hydrogen-bond acceptors (Lipinski definition) is 2. The van der Waals surface area contributed by atoms with E-state index in [0.717, 1.165) is 5.56 Å². The molecule has 0 aliphatic heterocycles. The van der Waals surface area contributed by atoms with Gasteiger partial charge in [-0.2, -0.15) is 0 Å². The van der Waals surface area contributed by atoms with Crippen molar-refractivity contribution < 1.29 is 14.3 Å². The Hall–Kier alpha value is -1.13. The van der Waals surface area contributed by atoms with Crippen LogP contribution in [0.1, 0.15) is 5.56 Å². The zero-order valence-corrected chi connectivity index (χ0v) is 8.13. The van der Waals surface area contributed by atoms with Gasteiger partial charge in [0.25, 0.3) is 0 Å². The Labute approximate surface area is 87.1 Å². The standard InChI is InChI=1S/C9H10FNO2.ClH/c10-7-3-1-6(2-4-7)5-8(11)9(12)13;/h1-4,8H,5,11H2,(H,12,13);1H/t8-;/m0./s1. The van der Waals surface area contributed by atoms with E-state index >= 15 is 0 Å². The van der Waals surface area contributed by atoms with Crippen LogP contribution in [0.5, 0.6) is 0 Å². The number of aliphatic carboxylic acids is 1.